The highest BCUT2D eigenvalue weighted by Crippen LogP contribution is 2.27. The monoisotopic (exact) mass is 418 g/mol. The highest BCUT2D eigenvalue weighted by atomic mass is 16.5. The second kappa shape index (κ2) is 10.3. The molecule has 3 aromatic rings. The van der Waals surface area contributed by atoms with E-state index in [0.29, 0.717) is 12.2 Å². The van der Waals surface area contributed by atoms with Crippen LogP contribution in [-0.4, -0.2) is 33.5 Å². The molecule has 160 valence electrons. The summed E-state index contributed by atoms with van der Waals surface area (Å²) in [5, 5.41) is 10.9. The predicted molar refractivity (Wildman–Crippen MR) is 119 cm³/mol. The molecule has 0 aliphatic heterocycles. The van der Waals surface area contributed by atoms with E-state index in [-0.39, 0.29) is 18.4 Å². The molecule has 1 heterocycles. The van der Waals surface area contributed by atoms with Crippen LogP contribution in [0.15, 0.2) is 60.8 Å². The maximum atomic E-state index is 12.3. The number of hydrogen-bond acceptors (Lipinski definition) is 5. The van der Waals surface area contributed by atoms with E-state index in [1.54, 1.807) is 10.9 Å². The Balaban J connectivity index is 1.50. The molecule has 0 spiro atoms. The lowest BCUT2D eigenvalue weighted by molar-refractivity contribution is -0.142. The topological polar surface area (TPSA) is 86.1 Å². The Bertz CT molecular complexity index is 1070. The second-order valence-corrected chi connectivity index (χ2v) is 7.51. The van der Waals surface area contributed by atoms with Crippen LogP contribution in [0.5, 0.6) is 0 Å². The first-order valence-corrected chi connectivity index (χ1v) is 10.1. The third-order valence-corrected chi connectivity index (χ3v) is 4.67. The van der Waals surface area contributed by atoms with Crippen molar-refractivity contribution in [1.82, 2.24) is 15.0 Å². The van der Waals surface area contributed by atoms with Crippen LogP contribution in [0.4, 0.5) is 5.69 Å². The Labute approximate surface area is 181 Å². The van der Waals surface area contributed by atoms with E-state index < -0.39 is 5.97 Å². The third-order valence-electron chi connectivity index (χ3n) is 4.67. The van der Waals surface area contributed by atoms with Gasteiger partial charge in [-0.1, -0.05) is 67.6 Å². The number of rotatable bonds is 8. The Morgan fingerprint density at radius 2 is 1.90 bits per heavy atom. The number of aryl methyl sites for hydroxylation is 1. The smallest absolute Gasteiger partial charge is 0.331 e. The van der Waals surface area contributed by atoms with E-state index in [1.807, 2.05) is 55.5 Å². The quantitative estimate of drug-likeness (QED) is 0.442. The van der Waals surface area contributed by atoms with Gasteiger partial charge in [-0.25, -0.2) is 9.48 Å². The minimum Gasteiger partial charge on any atom is -0.452 e. The predicted octanol–water partition coefficient (Wildman–Crippen LogP) is 3.95. The van der Waals surface area contributed by atoms with Gasteiger partial charge in [-0.2, -0.15) is 0 Å². The van der Waals surface area contributed by atoms with Crippen molar-refractivity contribution in [3.05, 3.63) is 83.2 Å². The Hall–Kier alpha value is -3.74. The van der Waals surface area contributed by atoms with Crippen molar-refractivity contribution in [3.8, 4) is 0 Å². The Morgan fingerprint density at radius 1 is 1.13 bits per heavy atom. The van der Waals surface area contributed by atoms with Crippen molar-refractivity contribution in [3.63, 3.8) is 0 Å². The van der Waals surface area contributed by atoms with Gasteiger partial charge in [0.05, 0.1) is 12.7 Å². The molecule has 3 rings (SSSR count). The van der Waals surface area contributed by atoms with Crippen LogP contribution in [0.25, 0.3) is 6.08 Å². The molecule has 0 bridgehead atoms. The number of hydrogen-bond donors (Lipinski definition) is 1. The third kappa shape index (κ3) is 6.37. The number of carbonyl (C=O) groups excluding carboxylic acids is 2. The first kappa shape index (κ1) is 22.0. The fourth-order valence-electron chi connectivity index (χ4n) is 3.09. The number of para-hydroxylation sites is 1. The van der Waals surface area contributed by atoms with Crippen molar-refractivity contribution < 1.29 is 14.3 Å². The number of amides is 1. The highest BCUT2D eigenvalue weighted by Gasteiger charge is 2.13. The Kier molecular flexibility index (Phi) is 7.32. The number of carbonyl (C=O) groups is 2. The normalized spacial score (nSPS) is 11.1. The SMILES string of the molecule is Cc1cccc(C(C)C)c1NC(=O)COC(=O)/C=C/c1cn(Cc2ccccc2)nn1. The van der Waals surface area contributed by atoms with Gasteiger partial charge in [0.1, 0.15) is 5.69 Å². The standard InChI is InChI=1S/C24H26N4O3/c1-17(2)21-11-7-8-18(3)24(21)25-22(29)16-31-23(30)13-12-20-15-28(27-26-20)14-19-9-5-4-6-10-19/h4-13,15,17H,14,16H2,1-3H3,(H,25,29)/b13-12+. The van der Waals surface area contributed by atoms with Gasteiger partial charge < -0.3 is 10.1 Å². The van der Waals surface area contributed by atoms with Crippen LogP contribution < -0.4 is 5.32 Å². The molecule has 31 heavy (non-hydrogen) atoms. The zero-order chi connectivity index (χ0) is 22.2. The number of nitrogens with one attached hydrogen (secondary N) is 1. The average molecular weight is 418 g/mol. The van der Waals surface area contributed by atoms with E-state index >= 15 is 0 Å². The largest absolute Gasteiger partial charge is 0.452 e. The summed E-state index contributed by atoms with van der Waals surface area (Å²) in [6.07, 6.45) is 4.47. The van der Waals surface area contributed by atoms with E-state index in [9.17, 15) is 9.59 Å². The average Bonchev–Trinajstić information content (AvgIpc) is 3.20. The second-order valence-electron chi connectivity index (χ2n) is 7.51. The zero-order valence-corrected chi connectivity index (χ0v) is 17.9. The van der Waals surface area contributed by atoms with Gasteiger partial charge in [-0.05, 0) is 35.6 Å². The van der Waals surface area contributed by atoms with Crippen LogP contribution in [0.3, 0.4) is 0 Å². The van der Waals surface area contributed by atoms with E-state index in [2.05, 4.69) is 29.5 Å². The number of aromatic nitrogens is 3. The molecule has 1 amide bonds. The summed E-state index contributed by atoms with van der Waals surface area (Å²) in [4.78, 5) is 24.2. The summed E-state index contributed by atoms with van der Waals surface area (Å²) >= 11 is 0. The summed E-state index contributed by atoms with van der Waals surface area (Å²) in [6.45, 7) is 6.27. The van der Waals surface area contributed by atoms with Crippen LogP contribution in [0.1, 0.15) is 42.1 Å². The van der Waals surface area contributed by atoms with E-state index in [4.69, 9.17) is 4.74 Å². The van der Waals surface area contributed by atoms with Crippen molar-refractivity contribution in [1.29, 1.82) is 0 Å². The lowest BCUT2D eigenvalue weighted by Crippen LogP contribution is -2.21. The van der Waals surface area contributed by atoms with Crippen LogP contribution in [-0.2, 0) is 20.9 Å². The minimum absolute atomic E-state index is 0.260. The number of anilines is 1. The molecule has 1 N–H and O–H groups in total. The lowest BCUT2D eigenvalue weighted by atomic mass is 9.98. The number of nitrogens with zero attached hydrogens (tertiary/aromatic N) is 3. The van der Waals surface area contributed by atoms with Gasteiger partial charge in [0.25, 0.3) is 5.91 Å². The van der Waals surface area contributed by atoms with Crippen molar-refractivity contribution in [2.45, 2.75) is 33.2 Å². The van der Waals surface area contributed by atoms with Gasteiger partial charge in [-0.15, -0.1) is 5.10 Å². The fraction of sp³-hybridized carbons (Fsp3) is 0.250. The van der Waals surface area contributed by atoms with Gasteiger partial charge in [0.15, 0.2) is 6.61 Å². The summed E-state index contributed by atoms with van der Waals surface area (Å²) in [5.74, 6) is -0.746. The molecule has 0 saturated heterocycles. The van der Waals surface area contributed by atoms with Crippen LogP contribution >= 0.6 is 0 Å². The van der Waals surface area contributed by atoms with Crippen molar-refractivity contribution in [2.75, 3.05) is 11.9 Å². The fourth-order valence-corrected chi connectivity index (χ4v) is 3.09. The van der Waals surface area contributed by atoms with Crippen LogP contribution in [0, 0.1) is 6.92 Å². The van der Waals surface area contributed by atoms with Gasteiger partial charge in [0, 0.05) is 11.8 Å². The molecule has 0 aliphatic rings. The van der Waals surface area contributed by atoms with Crippen molar-refractivity contribution >= 4 is 23.6 Å². The molecular formula is C24H26N4O3. The molecule has 1 aromatic heterocycles. The van der Waals surface area contributed by atoms with Gasteiger partial charge in [0.2, 0.25) is 0 Å². The number of benzene rings is 2. The maximum Gasteiger partial charge on any atom is 0.331 e. The molecular weight excluding hydrogens is 392 g/mol. The van der Waals surface area contributed by atoms with E-state index in [1.165, 1.54) is 12.2 Å². The lowest BCUT2D eigenvalue weighted by Gasteiger charge is -2.16. The van der Waals surface area contributed by atoms with E-state index in [0.717, 1.165) is 22.4 Å². The van der Waals surface area contributed by atoms with Crippen molar-refractivity contribution in [2.24, 2.45) is 0 Å². The molecule has 2 aromatic carbocycles. The molecule has 0 atom stereocenters. The van der Waals surface area contributed by atoms with Gasteiger partial charge in [-0.3, -0.25) is 4.79 Å². The minimum atomic E-state index is -0.623. The summed E-state index contributed by atoms with van der Waals surface area (Å²) in [7, 11) is 0. The first-order chi connectivity index (χ1) is 14.9. The van der Waals surface area contributed by atoms with Crippen LogP contribution in [0.2, 0.25) is 0 Å². The number of ether oxygens (including phenoxy) is 1. The zero-order valence-electron chi connectivity index (χ0n) is 17.9. The summed E-state index contributed by atoms with van der Waals surface area (Å²) in [6, 6.07) is 15.7. The summed E-state index contributed by atoms with van der Waals surface area (Å²) in [5.41, 5.74) is 4.40. The highest BCUT2D eigenvalue weighted by molar-refractivity contribution is 5.95. The molecule has 0 saturated carbocycles. The molecule has 0 radical (unpaired) electrons. The summed E-state index contributed by atoms with van der Waals surface area (Å²) < 4.78 is 6.73. The Morgan fingerprint density at radius 3 is 2.65 bits per heavy atom. The molecule has 0 aliphatic carbocycles. The number of esters is 1. The maximum absolute atomic E-state index is 12.3. The molecule has 7 heteroatoms. The molecule has 0 fully saturated rings. The molecule has 0 unspecified atom stereocenters. The first-order valence-electron chi connectivity index (χ1n) is 10.1. The molecule has 7 nitrogen and oxygen atoms in total. The van der Waals surface area contributed by atoms with Gasteiger partial charge >= 0.3 is 5.97 Å².